The SMILES string of the molecule is CCOCCCN(CC(=O)N(Cc1ccccc1)Cc1cccn1Cc1ccc(F)cc1)C(=O)CCC(=O)OCC. The maximum Gasteiger partial charge on any atom is 0.306 e. The Balaban J connectivity index is 1.77. The summed E-state index contributed by atoms with van der Waals surface area (Å²) < 4.78 is 25.8. The van der Waals surface area contributed by atoms with E-state index in [1.54, 1.807) is 24.0 Å². The van der Waals surface area contributed by atoms with E-state index in [0.717, 1.165) is 16.8 Å². The summed E-state index contributed by atoms with van der Waals surface area (Å²) in [6.07, 6.45) is 2.45. The fraction of sp³-hybridized carbons (Fsp3) is 0.406. The molecule has 0 saturated carbocycles. The summed E-state index contributed by atoms with van der Waals surface area (Å²) in [7, 11) is 0. The van der Waals surface area contributed by atoms with Gasteiger partial charge in [0.1, 0.15) is 5.82 Å². The first-order chi connectivity index (χ1) is 19.9. The zero-order chi connectivity index (χ0) is 29.5. The number of amides is 2. The van der Waals surface area contributed by atoms with Gasteiger partial charge < -0.3 is 23.8 Å². The van der Waals surface area contributed by atoms with Gasteiger partial charge in [0.25, 0.3) is 0 Å². The van der Waals surface area contributed by atoms with Gasteiger partial charge in [0.05, 0.1) is 26.1 Å². The maximum absolute atomic E-state index is 13.8. The minimum atomic E-state index is -0.436. The molecule has 41 heavy (non-hydrogen) atoms. The van der Waals surface area contributed by atoms with Gasteiger partial charge >= 0.3 is 5.97 Å². The van der Waals surface area contributed by atoms with Crippen molar-refractivity contribution in [3.8, 4) is 0 Å². The molecule has 9 heteroatoms. The number of carbonyl (C=O) groups excluding carboxylic acids is 3. The van der Waals surface area contributed by atoms with Crippen molar-refractivity contribution in [1.82, 2.24) is 14.4 Å². The predicted molar refractivity (Wildman–Crippen MR) is 154 cm³/mol. The molecule has 0 N–H and O–H groups in total. The van der Waals surface area contributed by atoms with Gasteiger partial charge in [-0.1, -0.05) is 42.5 Å². The van der Waals surface area contributed by atoms with Crippen LogP contribution in [0.25, 0.3) is 0 Å². The zero-order valence-electron chi connectivity index (χ0n) is 24.0. The van der Waals surface area contributed by atoms with Gasteiger partial charge in [-0.25, -0.2) is 4.39 Å². The quantitative estimate of drug-likeness (QED) is 0.174. The predicted octanol–water partition coefficient (Wildman–Crippen LogP) is 4.80. The highest BCUT2D eigenvalue weighted by Gasteiger charge is 2.23. The van der Waals surface area contributed by atoms with Gasteiger partial charge in [0.15, 0.2) is 0 Å². The molecular formula is C32H40FN3O5. The van der Waals surface area contributed by atoms with Crippen LogP contribution in [0.4, 0.5) is 4.39 Å². The molecule has 0 aliphatic carbocycles. The van der Waals surface area contributed by atoms with E-state index in [4.69, 9.17) is 9.47 Å². The highest BCUT2D eigenvalue weighted by molar-refractivity contribution is 5.86. The number of esters is 1. The normalized spacial score (nSPS) is 10.8. The number of ether oxygens (including phenoxy) is 2. The smallest absolute Gasteiger partial charge is 0.306 e. The number of aromatic nitrogens is 1. The molecule has 3 aromatic rings. The Bertz CT molecular complexity index is 1230. The molecule has 0 aliphatic heterocycles. The molecular weight excluding hydrogens is 525 g/mol. The first-order valence-electron chi connectivity index (χ1n) is 14.1. The summed E-state index contributed by atoms with van der Waals surface area (Å²) in [5.41, 5.74) is 2.82. The second kappa shape index (κ2) is 17.0. The van der Waals surface area contributed by atoms with Crippen LogP contribution in [0.15, 0.2) is 72.9 Å². The summed E-state index contributed by atoms with van der Waals surface area (Å²) in [6.45, 7) is 6.36. The van der Waals surface area contributed by atoms with Crippen LogP contribution in [0.1, 0.15) is 49.9 Å². The molecule has 0 saturated heterocycles. The summed E-state index contributed by atoms with van der Waals surface area (Å²) in [5.74, 6) is -1.20. The van der Waals surface area contributed by atoms with Crippen molar-refractivity contribution in [2.75, 3.05) is 32.9 Å². The monoisotopic (exact) mass is 565 g/mol. The average molecular weight is 566 g/mol. The Kier molecular flexibility index (Phi) is 13.1. The Morgan fingerprint density at radius 2 is 1.56 bits per heavy atom. The summed E-state index contributed by atoms with van der Waals surface area (Å²) in [6, 6.07) is 19.9. The maximum atomic E-state index is 13.8. The third-order valence-electron chi connectivity index (χ3n) is 6.56. The van der Waals surface area contributed by atoms with E-state index in [1.165, 1.54) is 17.0 Å². The van der Waals surface area contributed by atoms with Gasteiger partial charge in [0, 0.05) is 51.2 Å². The lowest BCUT2D eigenvalue weighted by Crippen LogP contribution is -2.43. The molecule has 0 unspecified atom stereocenters. The van der Waals surface area contributed by atoms with E-state index < -0.39 is 5.97 Å². The van der Waals surface area contributed by atoms with Crippen LogP contribution in [-0.2, 0) is 43.5 Å². The number of benzene rings is 2. The third-order valence-corrected chi connectivity index (χ3v) is 6.56. The number of nitrogens with zero attached hydrogens (tertiary/aromatic N) is 3. The van der Waals surface area contributed by atoms with Crippen LogP contribution in [0.3, 0.4) is 0 Å². The molecule has 220 valence electrons. The van der Waals surface area contributed by atoms with Crippen molar-refractivity contribution in [3.63, 3.8) is 0 Å². The molecule has 1 heterocycles. The van der Waals surface area contributed by atoms with E-state index >= 15 is 0 Å². The molecule has 0 fully saturated rings. The van der Waals surface area contributed by atoms with Crippen molar-refractivity contribution in [1.29, 1.82) is 0 Å². The fourth-order valence-electron chi connectivity index (χ4n) is 4.42. The molecule has 8 nitrogen and oxygen atoms in total. The largest absolute Gasteiger partial charge is 0.466 e. The van der Waals surface area contributed by atoms with E-state index in [-0.39, 0.29) is 43.6 Å². The first-order valence-corrected chi connectivity index (χ1v) is 14.1. The van der Waals surface area contributed by atoms with Crippen LogP contribution in [-0.4, -0.2) is 65.1 Å². The molecule has 0 spiro atoms. The average Bonchev–Trinajstić information content (AvgIpc) is 3.41. The fourth-order valence-corrected chi connectivity index (χ4v) is 4.42. The van der Waals surface area contributed by atoms with Gasteiger partial charge in [-0.05, 0) is 55.7 Å². The van der Waals surface area contributed by atoms with E-state index in [9.17, 15) is 18.8 Å². The van der Waals surface area contributed by atoms with Crippen LogP contribution in [0.2, 0.25) is 0 Å². The molecule has 1 aromatic heterocycles. The lowest BCUT2D eigenvalue weighted by Gasteiger charge is -2.28. The molecule has 3 rings (SSSR count). The van der Waals surface area contributed by atoms with Gasteiger partial charge in [-0.2, -0.15) is 0 Å². The van der Waals surface area contributed by atoms with Gasteiger partial charge in [-0.3, -0.25) is 14.4 Å². The second-order valence-electron chi connectivity index (χ2n) is 9.66. The highest BCUT2D eigenvalue weighted by Crippen LogP contribution is 2.15. The summed E-state index contributed by atoms with van der Waals surface area (Å²) in [5, 5.41) is 0. The van der Waals surface area contributed by atoms with Crippen molar-refractivity contribution < 1.29 is 28.2 Å². The van der Waals surface area contributed by atoms with E-state index in [1.807, 2.05) is 60.2 Å². The van der Waals surface area contributed by atoms with Crippen LogP contribution >= 0.6 is 0 Å². The van der Waals surface area contributed by atoms with E-state index in [0.29, 0.717) is 45.8 Å². The number of hydrogen-bond donors (Lipinski definition) is 0. The van der Waals surface area contributed by atoms with Crippen molar-refractivity contribution in [3.05, 3.63) is 95.6 Å². The number of carbonyl (C=O) groups is 3. The standard InChI is InChI=1S/C32H40FN3O5/c1-3-40-21-9-20-35(30(37)17-18-32(39)41-4-2)25-31(38)36(23-26-10-6-5-7-11-26)24-29-12-8-19-34(29)22-27-13-15-28(33)16-14-27/h5-8,10-16,19H,3-4,9,17-18,20-25H2,1-2H3. The Labute approximate surface area is 241 Å². The van der Waals surface area contributed by atoms with Crippen LogP contribution in [0.5, 0.6) is 0 Å². The summed E-state index contributed by atoms with van der Waals surface area (Å²) >= 11 is 0. The Morgan fingerprint density at radius 3 is 2.27 bits per heavy atom. The third kappa shape index (κ3) is 10.8. The van der Waals surface area contributed by atoms with Gasteiger partial charge in [0.2, 0.25) is 11.8 Å². The minimum absolute atomic E-state index is 0.0278. The number of hydrogen-bond acceptors (Lipinski definition) is 5. The molecule has 0 radical (unpaired) electrons. The number of rotatable bonds is 17. The number of halogens is 1. The van der Waals surface area contributed by atoms with Crippen LogP contribution in [0, 0.1) is 5.82 Å². The van der Waals surface area contributed by atoms with E-state index in [2.05, 4.69) is 0 Å². The molecule has 2 amide bonds. The van der Waals surface area contributed by atoms with Crippen molar-refractivity contribution in [2.45, 2.75) is 52.7 Å². The Hall–Kier alpha value is -3.98. The van der Waals surface area contributed by atoms with Crippen molar-refractivity contribution in [2.24, 2.45) is 0 Å². The molecule has 0 atom stereocenters. The highest BCUT2D eigenvalue weighted by atomic mass is 19.1. The Morgan fingerprint density at radius 1 is 0.805 bits per heavy atom. The summed E-state index contributed by atoms with van der Waals surface area (Å²) in [4.78, 5) is 42.0. The second-order valence-corrected chi connectivity index (χ2v) is 9.66. The molecule has 2 aromatic carbocycles. The lowest BCUT2D eigenvalue weighted by molar-refractivity contribution is -0.146. The topological polar surface area (TPSA) is 81.1 Å². The molecule has 0 bridgehead atoms. The first kappa shape index (κ1) is 31.5. The molecule has 0 aliphatic rings. The zero-order valence-corrected chi connectivity index (χ0v) is 24.0. The minimum Gasteiger partial charge on any atom is -0.466 e. The lowest BCUT2D eigenvalue weighted by atomic mass is 10.2. The van der Waals surface area contributed by atoms with Crippen molar-refractivity contribution >= 4 is 17.8 Å². The van der Waals surface area contributed by atoms with Gasteiger partial charge in [-0.15, -0.1) is 0 Å². The van der Waals surface area contributed by atoms with Crippen LogP contribution < -0.4 is 0 Å².